The molecule has 0 saturated carbocycles. The van der Waals surface area contributed by atoms with Crippen molar-refractivity contribution in [1.29, 1.82) is 0 Å². The number of aryl methyl sites for hydroxylation is 2. The van der Waals surface area contributed by atoms with Gasteiger partial charge < -0.3 is 14.5 Å². The third-order valence-electron chi connectivity index (χ3n) is 2.83. The first-order valence-electron chi connectivity index (χ1n) is 6.46. The number of methoxy groups -OCH3 is 1. The van der Waals surface area contributed by atoms with Crippen molar-refractivity contribution in [3.8, 4) is 0 Å². The van der Waals surface area contributed by atoms with Gasteiger partial charge in [-0.2, -0.15) is 0 Å². The predicted molar refractivity (Wildman–Crippen MR) is 77.9 cm³/mol. The summed E-state index contributed by atoms with van der Waals surface area (Å²) in [6, 6.07) is 6.34. The fraction of sp³-hybridized carbons (Fsp3) is 0.429. The first kappa shape index (κ1) is 15.0. The predicted octanol–water partition coefficient (Wildman–Crippen LogP) is 2.57. The first-order chi connectivity index (χ1) is 9.69. The van der Waals surface area contributed by atoms with Crippen LogP contribution in [-0.4, -0.2) is 30.5 Å². The lowest BCUT2D eigenvalue weighted by molar-refractivity contribution is 0.199. The van der Waals surface area contributed by atoms with Crippen LogP contribution in [0.5, 0.6) is 0 Å². The molecule has 108 valence electrons. The van der Waals surface area contributed by atoms with Crippen molar-refractivity contribution in [2.24, 2.45) is 0 Å². The molecule has 1 aromatic carbocycles. The molecule has 2 rings (SSSR count). The molecule has 0 radical (unpaired) electrons. The summed E-state index contributed by atoms with van der Waals surface area (Å²) in [5, 5.41) is 11.7. The summed E-state index contributed by atoms with van der Waals surface area (Å²) < 4.78 is 10.4. The molecular weight excluding hydrogens is 274 g/mol. The van der Waals surface area contributed by atoms with Crippen LogP contribution in [0.15, 0.2) is 32.7 Å². The molecule has 0 spiro atoms. The van der Waals surface area contributed by atoms with Gasteiger partial charge in [-0.3, -0.25) is 0 Å². The monoisotopic (exact) mass is 293 g/mol. The minimum atomic E-state index is 0.577. The van der Waals surface area contributed by atoms with Crippen LogP contribution in [0.4, 0.5) is 0 Å². The normalized spacial score (nSPS) is 10.9. The van der Waals surface area contributed by atoms with Gasteiger partial charge in [-0.05, 0) is 41.9 Å². The van der Waals surface area contributed by atoms with Crippen LogP contribution in [0.1, 0.15) is 17.0 Å². The zero-order chi connectivity index (χ0) is 14.4. The van der Waals surface area contributed by atoms with Gasteiger partial charge in [0.25, 0.3) is 5.22 Å². The van der Waals surface area contributed by atoms with E-state index in [-0.39, 0.29) is 0 Å². The van der Waals surface area contributed by atoms with Crippen LogP contribution >= 0.6 is 11.8 Å². The van der Waals surface area contributed by atoms with Gasteiger partial charge in [0.05, 0.1) is 6.61 Å². The van der Waals surface area contributed by atoms with E-state index in [4.69, 9.17) is 9.15 Å². The number of benzene rings is 1. The molecule has 1 heterocycles. The van der Waals surface area contributed by atoms with Crippen molar-refractivity contribution in [1.82, 2.24) is 15.5 Å². The Morgan fingerprint density at radius 1 is 1.30 bits per heavy atom. The van der Waals surface area contributed by atoms with Crippen LogP contribution in [-0.2, 0) is 11.3 Å². The van der Waals surface area contributed by atoms with Crippen LogP contribution < -0.4 is 5.32 Å². The van der Waals surface area contributed by atoms with Gasteiger partial charge in [-0.25, -0.2) is 0 Å². The molecule has 0 bridgehead atoms. The minimum Gasteiger partial charge on any atom is -0.416 e. The van der Waals surface area contributed by atoms with E-state index in [2.05, 4.69) is 40.6 Å². The zero-order valence-electron chi connectivity index (χ0n) is 12.0. The van der Waals surface area contributed by atoms with E-state index in [1.165, 1.54) is 22.9 Å². The van der Waals surface area contributed by atoms with Crippen LogP contribution in [0, 0.1) is 13.8 Å². The van der Waals surface area contributed by atoms with Gasteiger partial charge in [0.15, 0.2) is 0 Å². The number of hydrogen-bond acceptors (Lipinski definition) is 6. The highest BCUT2D eigenvalue weighted by atomic mass is 32.2. The van der Waals surface area contributed by atoms with Gasteiger partial charge in [0, 0.05) is 32.0 Å². The minimum absolute atomic E-state index is 0.577. The Hall–Kier alpha value is -1.37. The molecule has 5 nitrogen and oxygen atoms in total. The van der Waals surface area contributed by atoms with Crippen molar-refractivity contribution in [2.75, 3.05) is 20.3 Å². The number of hydrogen-bond donors (Lipinski definition) is 1. The molecule has 1 N–H and O–H groups in total. The molecule has 0 unspecified atom stereocenters. The van der Waals surface area contributed by atoms with Crippen molar-refractivity contribution in [3.63, 3.8) is 0 Å². The highest BCUT2D eigenvalue weighted by molar-refractivity contribution is 7.99. The quantitative estimate of drug-likeness (QED) is 0.792. The van der Waals surface area contributed by atoms with Gasteiger partial charge >= 0.3 is 0 Å². The molecule has 6 heteroatoms. The number of nitrogens with zero attached hydrogens (tertiary/aromatic N) is 2. The van der Waals surface area contributed by atoms with Crippen LogP contribution in [0.25, 0.3) is 0 Å². The highest BCUT2D eigenvalue weighted by Gasteiger charge is 2.06. The first-order valence-corrected chi connectivity index (χ1v) is 7.28. The third kappa shape index (κ3) is 4.33. The smallest absolute Gasteiger partial charge is 0.281 e. The number of nitrogens with one attached hydrogen (secondary N) is 1. The van der Waals surface area contributed by atoms with Gasteiger partial charge in [0.2, 0.25) is 5.89 Å². The molecule has 0 aliphatic heterocycles. The summed E-state index contributed by atoms with van der Waals surface area (Å²) in [5.41, 5.74) is 2.53. The summed E-state index contributed by atoms with van der Waals surface area (Å²) >= 11 is 1.48. The maximum Gasteiger partial charge on any atom is 0.281 e. The SMILES string of the molecule is COCCNCc1ccc(Sc2nnc(C)o2)cc1C. The number of aromatic nitrogens is 2. The molecule has 0 atom stereocenters. The molecule has 0 aliphatic carbocycles. The fourth-order valence-corrected chi connectivity index (χ4v) is 2.57. The summed E-state index contributed by atoms with van der Waals surface area (Å²) in [5.74, 6) is 0.586. The zero-order valence-corrected chi connectivity index (χ0v) is 12.8. The van der Waals surface area contributed by atoms with Gasteiger partial charge in [0.1, 0.15) is 0 Å². The maximum atomic E-state index is 5.36. The van der Waals surface area contributed by atoms with E-state index in [0.717, 1.165) is 24.6 Å². The van der Waals surface area contributed by atoms with Crippen molar-refractivity contribution in [2.45, 2.75) is 30.5 Å². The molecule has 0 aliphatic rings. The Kier molecular flexibility index (Phi) is 5.58. The molecule has 2 aromatic rings. The fourth-order valence-electron chi connectivity index (χ4n) is 1.75. The van der Waals surface area contributed by atoms with E-state index in [1.54, 1.807) is 14.0 Å². The van der Waals surface area contributed by atoms with Gasteiger partial charge in [-0.1, -0.05) is 6.07 Å². The summed E-state index contributed by atoms with van der Waals surface area (Å²) in [4.78, 5) is 1.10. The Labute approximate surface area is 123 Å². The van der Waals surface area contributed by atoms with E-state index in [1.807, 2.05) is 0 Å². The molecular formula is C14H19N3O2S. The third-order valence-corrected chi connectivity index (χ3v) is 3.65. The lowest BCUT2D eigenvalue weighted by atomic mass is 10.1. The molecule has 0 fully saturated rings. The Bertz CT molecular complexity index is 557. The molecule has 20 heavy (non-hydrogen) atoms. The van der Waals surface area contributed by atoms with Crippen LogP contribution in [0.3, 0.4) is 0 Å². The second-order valence-electron chi connectivity index (χ2n) is 4.45. The van der Waals surface area contributed by atoms with E-state index < -0.39 is 0 Å². The largest absolute Gasteiger partial charge is 0.416 e. The second-order valence-corrected chi connectivity index (χ2v) is 5.47. The molecule has 0 saturated heterocycles. The van der Waals surface area contributed by atoms with Crippen molar-refractivity contribution in [3.05, 3.63) is 35.2 Å². The number of rotatable bonds is 7. The second kappa shape index (κ2) is 7.42. The average Bonchev–Trinajstić information content (AvgIpc) is 2.82. The lowest BCUT2D eigenvalue weighted by Crippen LogP contribution is -2.19. The van der Waals surface area contributed by atoms with E-state index in [0.29, 0.717) is 11.1 Å². The maximum absolute atomic E-state index is 5.36. The average molecular weight is 293 g/mol. The van der Waals surface area contributed by atoms with Gasteiger partial charge in [-0.15, -0.1) is 10.2 Å². The Morgan fingerprint density at radius 2 is 2.15 bits per heavy atom. The Morgan fingerprint density at radius 3 is 2.80 bits per heavy atom. The summed E-state index contributed by atoms with van der Waals surface area (Å²) in [7, 11) is 1.71. The van der Waals surface area contributed by atoms with Crippen LogP contribution in [0.2, 0.25) is 0 Å². The topological polar surface area (TPSA) is 60.2 Å². The standard InChI is InChI=1S/C14H19N3O2S/c1-10-8-13(20-14-17-16-11(2)19-14)5-4-12(10)9-15-6-7-18-3/h4-5,8,15H,6-7,9H2,1-3H3. The number of ether oxygens (including phenoxy) is 1. The van der Waals surface area contributed by atoms with Crippen molar-refractivity contribution < 1.29 is 9.15 Å². The molecule has 1 aromatic heterocycles. The Balaban J connectivity index is 1.94. The highest BCUT2D eigenvalue weighted by Crippen LogP contribution is 2.27. The lowest BCUT2D eigenvalue weighted by Gasteiger charge is -2.08. The molecule has 0 amide bonds. The van der Waals surface area contributed by atoms with Crippen molar-refractivity contribution >= 4 is 11.8 Å². The summed E-state index contributed by atoms with van der Waals surface area (Å²) in [6.45, 7) is 6.32. The van der Waals surface area contributed by atoms with E-state index in [9.17, 15) is 0 Å². The summed E-state index contributed by atoms with van der Waals surface area (Å²) in [6.07, 6.45) is 0. The van der Waals surface area contributed by atoms with E-state index >= 15 is 0 Å².